The molecule has 1 aliphatic rings. The minimum Gasteiger partial charge on any atom is -0.466 e. The van der Waals surface area contributed by atoms with E-state index in [9.17, 15) is 9.59 Å². The summed E-state index contributed by atoms with van der Waals surface area (Å²) < 4.78 is 5.41. The fourth-order valence-electron chi connectivity index (χ4n) is 2.29. The van der Waals surface area contributed by atoms with Gasteiger partial charge in [-0.15, -0.1) is 0 Å². The predicted octanol–water partition coefficient (Wildman–Crippen LogP) is 2.08. The molecule has 0 fully saturated rings. The Morgan fingerprint density at radius 2 is 2.22 bits per heavy atom. The van der Waals surface area contributed by atoms with Gasteiger partial charge in [0.1, 0.15) is 5.70 Å². The molecule has 1 aromatic rings. The van der Waals surface area contributed by atoms with E-state index in [0.717, 1.165) is 5.56 Å². The Morgan fingerprint density at radius 3 is 2.78 bits per heavy atom. The molecule has 124 valence electrons. The highest BCUT2D eigenvalue weighted by Crippen LogP contribution is 2.34. The Bertz CT molecular complexity index is 667. The molecule has 1 amide bonds. The van der Waals surface area contributed by atoms with E-state index < -0.39 is 5.97 Å². The fourth-order valence-corrected chi connectivity index (χ4v) is 3.40. The van der Waals surface area contributed by atoms with Gasteiger partial charge >= 0.3 is 5.97 Å². The number of carbonyl (C=O) groups excluding carboxylic acids is 2. The Balaban J connectivity index is 2.41. The normalized spacial score (nSPS) is 14.5. The van der Waals surface area contributed by atoms with E-state index in [2.05, 4.69) is 21.2 Å². The molecule has 1 aliphatic heterocycles. The summed E-state index contributed by atoms with van der Waals surface area (Å²) in [7, 11) is 1.25. The topological polar surface area (TPSA) is 78.9 Å². The fraction of sp³-hybridized carbons (Fsp3) is 0.333. The van der Waals surface area contributed by atoms with Crippen molar-refractivity contribution >= 4 is 45.1 Å². The van der Waals surface area contributed by atoms with Gasteiger partial charge in [0.25, 0.3) is 5.91 Å². The first kappa shape index (κ1) is 17.8. The minimum absolute atomic E-state index is 0.0789. The number of carbonyl (C=O) groups is 2. The molecule has 2 N–H and O–H groups in total. The highest BCUT2D eigenvalue weighted by Gasteiger charge is 2.34. The van der Waals surface area contributed by atoms with Gasteiger partial charge in [0.15, 0.2) is 0 Å². The Hall–Kier alpha value is -1.57. The zero-order valence-corrected chi connectivity index (χ0v) is 15.0. The third kappa shape index (κ3) is 3.68. The van der Waals surface area contributed by atoms with E-state index in [1.54, 1.807) is 6.07 Å². The van der Waals surface area contributed by atoms with Crippen LogP contribution in [0.4, 0.5) is 5.69 Å². The zero-order valence-electron chi connectivity index (χ0n) is 12.7. The molecular formula is C15H16BrClN2O4. The molecule has 0 atom stereocenters. The van der Waals surface area contributed by atoms with E-state index in [-0.39, 0.29) is 36.9 Å². The van der Waals surface area contributed by atoms with E-state index in [0.29, 0.717) is 15.2 Å². The van der Waals surface area contributed by atoms with Crippen LogP contribution in [-0.2, 0) is 14.3 Å². The van der Waals surface area contributed by atoms with Gasteiger partial charge in [-0.3, -0.25) is 4.79 Å². The zero-order chi connectivity index (χ0) is 17.1. The maximum Gasteiger partial charge on any atom is 0.337 e. The average Bonchev–Trinajstić information content (AvgIpc) is 2.79. The Kier molecular flexibility index (Phi) is 5.67. The van der Waals surface area contributed by atoms with Gasteiger partial charge in [-0.2, -0.15) is 0 Å². The molecule has 0 spiro atoms. The van der Waals surface area contributed by atoms with Crippen molar-refractivity contribution in [3.63, 3.8) is 0 Å². The van der Waals surface area contributed by atoms with Crippen molar-refractivity contribution in [2.45, 2.75) is 6.92 Å². The summed E-state index contributed by atoms with van der Waals surface area (Å²) in [5, 5.41) is 12.4. The number of nitrogens with one attached hydrogen (secondary N) is 1. The van der Waals surface area contributed by atoms with Gasteiger partial charge in [0.2, 0.25) is 0 Å². The highest BCUT2D eigenvalue weighted by atomic mass is 79.9. The summed E-state index contributed by atoms with van der Waals surface area (Å²) in [5.41, 5.74) is 1.76. The second kappa shape index (κ2) is 7.33. The number of aryl methyl sites for hydroxylation is 1. The molecule has 1 heterocycles. The first-order chi connectivity index (χ1) is 10.9. The Labute approximate surface area is 147 Å². The number of ether oxygens (including phenoxy) is 1. The highest BCUT2D eigenvalue weighted by molar-refractivity contribution is 9.10. The third-order valence-electron chi connectivity index (χ3n) is 3.39. The van der Waals surface area contributed by atoms with Crippen LogP contribution in [0.1, 0.15) is 5.56 Å². The number of anilines is 1. The van der Waals surface area contributed by atoms with Gasteiger partial charge < -0.3 is 20.1 Å². The molecule has 0 saturated heterocycles. The van der Waals surface area contributed by atoms with Crippen LogP contribution in [0.2, 0.25) is 5.02 Å². The number of hydrogen-bond acceptors (Lipinski definition) is 5. The largest absolute Gasteiger partial charge is 0.466 e. The van der Waals surface area contributed by atoms with Crippen molar-refractivity contribution in [3.8, 4) is 0 Å². The lowest BCUT2D eigenvalue weighted by atomic mass is 10.2. The number of rotatable bonds is 5. The quantitative estimate of drug-likeness (QED) is 0.736. The van der Waals surface area contributed by atoms with Crippen molar-refractivity contribution in [1.82, 2.24) is 4.90 Å². The number of nitrogens with zero attached hydrogens (tertiary/aromatic N) is 1. The van der Waals surface area contributed by atoms with Crippen LogP contribution in [0.5, 0.6) is 0 Å². The maximum atomic E-state index is 12.4. The summed E-state index contributed by atoms with van der Waals surface area (Å²) in [6.07, 6.45) is 0. The number of esters is 1. The second-order valence-electron chi connectivity index (χ2n) is 5.02. The lowest BCUT2D eigenvalue weighted by molar-refractivity contribution is -0.136. The smallest absolute Gasteiger partial charge is 0.337 e. The van der Waals surface area contributed by atoms with E-state index in [4.69, 9.17) is 21.4 Å². The van der Waals surface area contributed by atoms with E-state index in [1.807, 2.05) is 13.0 Å². The first-order valence-corrected chi connectivity index (χ1v) is 8.00. The SMILES string of the molecule is COC(=O)C1=C(Nc2c(Cl)cc(C)cc2Br)C(=O)N(CCO)C1. The predicted molar refractivity (Wildman–Crippen MR) is 90.2 cm³/mol. The van der Waals surface area contributed by atoms with Crippen LogP contribution >= 0.6 is 27.5 Å². The number of benzene rings is 1. The van der Waals surface area contributed by atoms with Gasteiger partial charge in [0, 0.05) is 11.0 Å². The summed E-state index contributed by atoms with van der Waals surface area (Å²) in [6.45, 7) is 1.91. The molecule has 0 aliphatic carbocycles. The molecule has 0 unspecified atom stereocenters. The molecule has 0 bridgehead atoms. The lowest BCUT2D eigenvalue weighted by Crippen LogP contribution is -2.31. The van der Waals surface area contributed by atoms with Crippen LogP contribution in [-0.4, -0.2) is 48.7 Å². The summed E-state index contributed by atoms with van der Waals surface area (Å²) >= 11 is 9.62. The number of halogens is 2. The molecule has 0 radical (unpaired) electrons. The Morgan fingerprint density at radius 1 is 1.52 bits per heavy atom. The molecule has 2 rings (SSSR count). The van der Waals surface area contributed by atoms with Crippen LogP contribution in [0, 0.1) is 6.92 Å². The van der Waals surface area contributed by atoms with E-state index >= 15 is 0 Å². The number of amides is 1. The van der Waals surface area contributed by atoms with E-state index in [1.165, 1.54) is 12.0 Å². The van der Waals surface area contributed by atoms with Crippen molar-refractivity contribution in [1.29, 1.82) is 0 Å². The second-order valence-corrected chi connectivity index (χ2v) is 6.29. The van der Waals surface area contributed by atoms with Crippen LogP contribution < -0.4 is 5.32 Å². The number of hydrogen-bond donors (Lipinski definition) is 2. The van der Waals surface area contributed by atoms with Gasteiger partial charge in [0.05, 0.1) is 36.5 Å². The number of β-amino-alcohol motifs (C(OH)–C–C–N with tert-alkyl or cyclic N) is 1. The first-order valence-electron chi connectivity index (χ1n) is 6.83. The van der Waals surface area contributed by atoms with Crippen molar-refractivity contribution in [2.75, 3.05) is 32.1 Å². The standard InChI is InChI=1S/C15H16BrClN2O4/c1-8-5-10(16)13(11(17)6-8)18-12-9(15(22)23-2)7-19(3-4-20)14(12)21/h5-6,18,20H,3-4,7H2,1-2H3. The van der Waals surface area contributed by atoms with Crippen LogP contribution in [0.15, 0.2) is 27.9 Å². The maximum absolute atomic E-state index is 12.4. The van der Waals surface area contributed by atoms with Gasteiger partial charge in [-0.1, -0.05) is 11.6 Å². The minimum atomic E-state index is -0.597. The number of aliphatic hydroxyl groups is 1. The molecule has 0 saturated carbocycles. The molecule has 6 nitrogen and oxygen atoms in total. The third-order valence-corrected chi connectivity index (χ3v) is 4.31. The van der Waals surface area contributed by atoms with Gasteiger partial charge in [-0.25, -0.2) is 4.79 Å². The number of methoxy groups -OCH3 is 1. The summed E-state index contributed by atoms with van der Waals surface area (Å²) in [5.74, 6) is -0.983. The van der Waals surface area contributed by atoms with Gasteiger partial charge in [-0.05, 0) is 40.5 Å². The van der Waals surface area contributed by atoms with Crippen molar-refractivity contribution in [3.05, 3.63) is 38.5 Å². The number of aliphatic hydroxyl groups excluding tert-OH is 1. The molecule has 0 aromatic heterocycles. The van der Waals surface area contributed by atoms with Crippen LogP contribution in [0.25, 0.3) is 0 Å². The molecule has 8 heteroatoms. The summed E-state index contributed by atoms with van der Waals surface area (Å²) in [6, 6.07) is 3.59. The summed E-state index contributed by atoms with van der Waals surface area (Å²) in [4.78, 5) is 25.7. The van der Waals surface area contributed by atoms with Crippen LogP contribution in [0.3, 0.4) is 0 Å². The average molecular weight is 404 g/mol. The lowest BCUT2D eigenvalue weighted by Gasteiger charge is -2.16. The molecule has 23 heavy (non-hydrogen) atoms. The monoisotopic (exact) mass is 402 g/mol. The molecular weight excluding hydrogens is 388 g/mol. The molecule has 1 aromatic carbocycles. The van der Waals surface area contributed by atoms with Crippen molar-refractivity contribution < 1.29 is 19.4 Å². The van der Waals surface area contributed by atoms with Crippen molar-refractivity contribution in [2.24, 2.45) is 0 Å².